The van der Waals surface area contributed by atoms with Crippen molar-refractivity contribution in [1.29, 1.82) is 0 Å². The van der Waals surface area contributed by atoms with E-state index in [0.717, 1.165) is 25.7 Å². The van der Waals surface area contributed by atoms with Crippen LogP contribution in [0.15, 0.2) is 0 Å². The van der Waals surface area contributed by atoms with Crippen LogP contribution in [-0.2, 0) is 0 Å². The van der Waals surface area contributed by atoms with Crippen LogP contribution in [0.1, 0.15) is 39.5 Å². The lowest BCUT2D eigenvalue weighted by Gasteiger charge is -2.34. The van der Waals surface area contributed by atoms with Crippen LogP contribution >= 0.6 is 0 Å². The fourth-order valence-electron chi connectivity index (χ4n) is 1.71. The van der Waals surface area contributed by atoms with Crippen molar-refractivity contribution in [3.8, 4) is 0 Å². The molecule has 13 heavy (non-hydrogen) atoms. The molecule has 0 radical (unpaired) electrons. The van der Waals surface area contributed by atoms with Crippen molar-refractivity contribution >= 4 is 6.09 Å². The fourth-order valence-corrected chi connectivity index (χ4v) is 1.71. The Balaban J connectivity index is 2.21. The molecule has 0 atom stereocenters. The van der Waals surface area contributed by atoms with Gasteiger partial charge < -0.3 is 5.11 Å². The van der Waals surface area contributed by atoms with Gasteiger partial charge in [0.15, 0.2) is 0 Å². The standard InChI is InChI=1S/C9H18N2O2/c1-9(2)5-3-7(4-6-9)10-11-8(12)13/h7,10-11H,3-6H2,1-2H3,(H,12,13). The van der Waals surface area contributed by atoms with Crippen molar-refractivity contribution in [2.75, 3.05) is 0 Å². The van der Waals surface area contributed by atoms with Crippen LogP contribution in [0.3, 0.4) is 0 Å². The van der Waals surface area contributed by atoms with Crippen molar-refractivity contribution in [2.45, 2.75) is 45.6 Å². The second kappa shape index (κ2) is 3.96. The van der Waals surface area contributed by atoms with Crippen molar-refractivity contribution in [1.82, 2.24) is 10.9 Å². The Morgan fingerprint density at radius 2 is 1.92 bits per heavy atom. The smallest absolute Gasteiger partial charge is 0.419 e. The third-order valence-electron chi connectivity index (χ3n) is 2.72. The second-order valence-electron chi connectivity index (χ2n) is 4.51. The van der Waals surface area contributed by atoms with E-state index in [0.29, 0.717) is 11.5 Å². The Labute approximate surface area is 78.7 Å². The lowest BCUT2D eigenvalue weighted by molar-refractivity contribution is 0.170. The molecule has 0 aromatic carbocycles. The topological polar surface area (TPSA) is 61.4 Å². The summed E-state index contributed by atoms with van der Waals surface area (Å²) < 4.78 is 0. The Morgan fingerprint density at radius 3 is 2.38 bits per heavy atom. The minimum Gasteiger partial charge on any atom is -0.464 e. The maximum absolute atomic E-state index is 10.2. The van der Waals surface area contributed by atoms with Crippen LogP contribution in [0.4, 0.5) is 4.79 Å². The molecule has 1 aliphatic carbocycles. The van der Waals surface area contributed by atoms with E-state index in [2.05, 4.69) is 24.7 Å². The van der Waals surface area contributed by atoms with Crippen LogP contribution in [0, 0.1) is 5.41 Å². The predicted molar refractivity (Wildman–Crippen MR) is 50.3 cm³/mol. The average Bonchev–Trinajstić information content (AvgIpc) is 2.02. The molecule has 0 heterocycles. The summed E-state index contributed by atoms with van der Waals surface area (Å²) >= 11 is 0. The maximum Gasteiger partial charge on any atom is 0.419 e. The summed E-state index contributed by atoms with van der Waals surface area (Å²) in [4.78, 5) is 10.2. The Hall–Kier alpha value is -0.770. The van der Waals surface area contributed by atoms with Gasteiger partial charge in [-0.3, -0.25) is 5.43 Å². The molecule has 1 fully saturated rings. The molecule has 0 aromatic rings. The van der Waals surface area contributed by atoms with E-state index in [4.69, 9.17) is 5.11 Å². The third-order valence-corrected chi connectivity index (χ3v) is 2.72. The molecular formula is C9H18N2O2. The average molecular weight is 186 g/mol. The Morgan fingerprint density at radius 1 is 1.38 bits per heavy atom. The van der Waals surface area contributed by atoms with E-state index < -0.39 is 6.09 Å². The SMILES string of the molecule is CC1(C)CCC(NNC(=O)O)CC1. The van der Waals surface area contributed by atoms with E-state index in [1.807, 2.05) is 0 Å². The van der Waals surface area contributed by atoms with Crippen molar-refractivity contribution in [2.24, 2.45) is 5.41 Å². The molecule has 3 N–H and O–H groups in total. The third kappa shape index (κ3) is 3.63. The zero-order valence-corrected chi connectivity index (χ0v) is 8.26. The van der Waals surface area contributed by atoms with E-state index in [1.54, 1.807) is 0 Å². The molecule has 1 amide bonds. The summed E-state index contributed by atoms with van der Waals surface area (Å²) in [6.45, 7) is 4.52. The predicted octanol–water partition coefficient (Wildman–Crippen LogP) is 1.73. The largest absolute Gasteiger partial charge is 0.464 e. The monoisotopic (exact) mass is 186 g/mol. The number of hydrazine groups is 1. The number of carbonyl (C=O) groups is 1. The summed E-state index contributed by atoms with van der Waals surface area (Å²) in [6, 6.07) is 0.309. The van der Waals surface area contributed by atoms with Gasteiger partial charge in [0.1, 0.15) is 0 Å². The van der Waals surface area contributed by atoms with Gasteiger partial charge in [-0.2, -0.15) is 0 Å². The summed E-state index contributed by atoms with van der Waals surface area (Å²) in [7, 11) is 0. The number of hydrogen-bond donors (Lipinski definition) is 3. The highest BCUT2D eigenvalue weighted by Crippen LogP contribution is 2.34. The molecule has 0 aliphatic heterocycles. The lowest BCUT2D eigenvalue weighted by Crippen LogP contribution is -2.45. The van der Waals surface area contributed by atoms with Gasteiger partial charge in [-0.05, 0) is 31.1 Å². The van der Waals surface area contributed by atoms with Gasteiger partial charge in [0.25, 0.3) is 0 Å². The number of carboxylic acid groups (broad SMARTS) is 1. The number of amides is 1. The number of nitrogens with one attached hydrogen (secondary N) is 2. The minimum absolute atomic E-state index is 0.309. The normalized spacial score (nSPS) is 22.6. The molecule has 0 spiro atoms. The highest BCUT2D eigenvalue weighted by Gasteiger charge is 2.26. The van der Waals surface area contributed by atoms with Gasteiger partial charge in [-0.25, -0.2) is 10.2 Å². The molecule has 4 nitrogen and oxygen atoms in total. The first-order chi connectivity index (χ1) is 5.99. The summed E-state index contributed by atoms with van der Waals surface area (Å²) in [6.07, 6.45) is 3.41. The van der Waals surface area contributed by atoms with Crippen LogP contribution < -0.4 is 10.9 Å². The van der Waals surface area contributed by atoms with Gasteiger partial charge in [0.2, 0.25) is 0 Å². The molecule has 0 bridgehead atoms. The summed E-state index contributed by atoms with van der Waals surface area (Å²) in [5, 5.41) is 8.37. The van der Waals surface area contributed by atoms with Crippen molar-refractivity contribution in [3.05, 3.63) is 0 Å². The number of hydrogen-bond acceptors (Lipinski definition) is 2. The Kier molecular flexibility index (Phi) is 3.14. The first-order valence-corrected chi connectivity index (χ1v) is 4.74. The van der Waals surface area contributed by atoms with E-state index in [-0.39, 0.29) is 0 Å². The number of rotatable bonds is 2. The zero-order chi connectivity index (χ0) is 9.90. The van der Waals surface area contributed by atoms with Crippen molar-refractivity contribution in [3.63, 3.8) is 0 Å². The van der Waals surface area contributed by atoms with Crippen LogP contribution in [0.25, 0.3) is 0 Å². The van der Waals surface area contributed by atoms with E-state index in [9.17, 15) is 4.79 Å². The van der Waals surface area contributed by atoms with Gasteiger partial charge in [-0.1, -0.05) is 13.8 Å². The van der Waals surface area contributed by atoms with Gasteiger partial charge in [0, 0.05) is 6.04 Å². The first-order valence-electron chi connectivity index (χ1n) is 4.74. The maximum atomic E-state index is 10.2. The molecule has 0 unspecified atom stereocenters. The van der Waals surface area contributed by atoms with E-state index >= 15 is 0 Å². The Bertz CT molecular complexity index is 182. The van der Waals surface area contributed by atoms with Gasteiger partial charge in [0.05, 0.1) is 0 Å². The zero-order valence-electron chi connectivity index (χ0n) is 8.26. The molecule has 76 valence electrons. The molecule has 1 rings (SSSR count). The second-order valence-corrected chi connectivity index (χ2v) is 4.51. The first kappa shape index (κ1) is 10.3. The van der Waals surface area contributed by atoms with Gasteiger partial charge in [-0.15, -0.1) is 0 Å². The molecular weight excluding hydrogens is 168 g/mol. The van der Waals surface area contributed by atoms with Crippen molar-refractivity contribution < 1.29 is 9.90 Å². The van der Waals surface area contributed by atoms with E-state index in [1.165, 1.54) is 0 Å². The van der Waals surface area contributed by atoms with Crippen LogP contribution in [0.2, 0.25) is 0 Å². The molecule has 4 heteroatoms. The van der Waals surface area contributed by atoms with Crippen LogP contribution in [-0.4, -0.2) is 17.2 Å². The molecule has 1 saturated carbocycles. The highest BCUT2D eigenvalue weighted by molar-refractivity contribution is 5.63. The molecule has 1 aliphatic rings. The molecule has 0 saturated heterocycles. The molecule has 0 aromatic heterocycles. The van der Waals surface area contributed by atoms with Crippen LogP contribution in [0.5, 0.6) is 0 Å². The quantitative estimate of drug-likeness (QED) is 0.575. The fraction of sp³-hybridized carbons (Fsp3) is 0.889. The van der Waals surface area contributed by atoms with Gasteiger partial charge >= 0.3 is 6.09 Å². The highest BCUT2D eigenvalue weighted by atomic mass is 16.4. The summed E-state index contributed by atoms with van der Waals surface area (Å²) in [5.41, 5.74) is 5.45. The minimum atomic E-state index is -1.01. The summed E-state index contributed by atoms with van der Waals surface area (Å²) in [5.74, 6) is 0. The lowest BCUT2D eigenvalue weighted by atomic mass is 9.76.